The molecule has 1 heterocycles. The highest BCUT2D eigenvalue weighted by Gasteiger charge is 1.70. The molecule has 0 aliphatic rings. The first-order valence-electron chi connectivity index (χ1n) is 3.68. The Labute approximate surface area is 63.1 Å². The van der Waals surface area contributed by atoms with E-state index >= 15 is 0 Å². The summed E-state index contributed by atoms with van der Waals surface area (Å²) in [5.41, 5.74) is 0. The molecule has 3 nitrogen and oxygen atoms in total. The van der Waals surface area contributed by atoms with Crippen LogP contribution in [0.4, 0.5) is 0 Å². The van der Waals surface area contributed by atoms with Crippen molar-refractivity contribution >= 4 is 0 Å². The molecule has 0 aliphatic heterocycles. The zero-order valence-corrected chi connectivity index (χ0v) is 7.50. The molecule has 0 amide bonds. The molecule has 3 heteroatoms. The molecule has 0 aliphatic carbocycles. The Hall–Kier alpha value is -0.860. The van der Waals surface area contributed by atoms with E-state index in [4.69, 9.17) is 0 Å². The van der Waals surface area contributed by atoms with Crippen molar-refractivity contribution in [1.82, 2.24) is 14.8 Å². The Morgan fingerprint density at radius 1 is 1.10 bits per heavy atom. The molecule has 0 bridgehead atoms. The molecule has 1 rings (SSSR count). The molecule has 0 saturated carbocycles. The number of rotatable bonds is 0. The van der Waals surface area contributed by atoms with E-state index < -0.39 is 0 Å². The van der Waals surface area contributed by atoms with E-state index in [1.807, 2.05) is 34.7 Å². The maximum atomic E-state index is 3.72. The summed E-state index contributed by atoms with van der Waals surface area (Å²) in [6.45, 7) is 8.00. The van der Waals surface area contributed by atoms with E-state index in [-0.39, 0.29) is 0 Å². The average Bonchev–Trinajstić information content (AvgIpc) is 2.48. The van der Waals surface area contributed by atoms with Gasteiger partial charge in [-0.25, -0.2) is 4.98 Å². The second kappa shape index (κ2) is 11.0. The number of hydrogen-bond acceptors (Lipinski definition) is 2. The van der Waals surface area contributed by atoms with Crippen molar-refractivity contribution in [3.63, 3.8) is 0 Å². The third-order valence-corrected chi connectivity index (χ3v) is 0.534. The van der Waals surface area contributed by atoms with Crippen molar-refractivity contribution in [2.45, 2.75) is 27.7 Å². The van der Waals surface area contributed by atoms with E-state index in [0.29, 0.717) is 0 Å². The van der Waals surface area contributed by atoms with Gasteiger partial charge in [0.15, 0.2) is 0 Å². The first kappa shape index (κ1) is 11.9. The van der Waals surface area contributed by atoms with Crippen LogP contribution in [-0.2, 0) is 7.05 Å². The molecule has 0 radical (unpaired) electrons. The van der Waals surface area contributed by atoms with Crippen molar-refractivity contribution in [2.75, 3.05) is 0 Å². The highest BCUT2D eigenvalue weighted by atomic mass is 15.3. The van der Waals surface area contributed by atoms with Gasteiger partial charge in [0.2, 0.25) is 0 Å². The summed E-state index contributed by atoms with van der Waals surface area (Å²) < 4.78 is 1.64. The van der Waals surface area contributed by atoms with Gasteiger partial charge in [-0.15, -0.1) is 0 Å². The summed E-state index contributed by atoms with van der Waals surface area (Å²) in [5.74, 6) is 0. The topological polar surface area (TPSA) is 30.7 Å². The van der Waals surface area contributed by atoms with Crippen molar-refractivity contribution < 1.29 is 0 Å². The first-order chi connectivity index (χ1) is 4.89. The molecule has 0 N–H and O–H groups in total. The van der Waals surface area contributed by atoms with Gasteiger partial charge in [0, 0.05) is 7.05 Å². The fourth-order valence-corrected chi connectivity index (χ4v) is 0.267. The summed E-state index contributed by atoms with van der Waals surface area (Å²) in [5, 5.41) is 3.72. The lowest BCUT2D eigenvalue weighted by molar-refractivity contribution is 0.765. The summed E-state index contributed by atoms with van der Waals surface area (Å²) in [4.78, 5) is 3.67. The van der Waals surface area contributed by atoms with Gasteiger partial charge in [0.25, 0.3) is 0 Å². The van der Waals surface area contributed by atoms with Crippen molar-refractivity contribution in [1.29, 1.82) is 0 Å². The zero-order valence-electron chi connectivity index (χ0n) is 7.50. The zero-order chi connectivity index (χ0) is 8.41. The molecule has 0 saturated heterocycles. The maximum Gasteiger partial charge on any atom is 0.137 e. The largest absolute Gasteiger partial charge is 0.256 e. The van der Waals surface area contributed by atoms with Crippen LogP contribution in [0.15, 0.2) is 12.7 Å². The van der Waals surface area contributed by atoms with Crippen LogP contribution in [0.2, 0.25) is 0 Å². The van der Waals surface area contributed by atoms with Crippen LogP contribution in [0.5, 0.6) is 0 Å². The summed E-state index contributed by atoms with van der Waals surface area (Å²) in [7, 11) is 1.83. The maximum absolute atomic E-state index is 3.72. The minimum atomic E-state index is 1.50. The monoisotopic (exact) mass is 143 g/mol. The van der Waals surface area contributed by atoms with Gasteiger partial charge in [-0.05, 0) is 0 Å². The molecule has 0 spiro atoms. The third kappa shape index (κ3) is 7.14. The number of hydrogen-bond donors (Lipinski definition) is 0. The number of aromatic nitrogens is 3. The molecule has 10 heavy (non-hydrogen) atoms. The number of aryl methyl sites for hydroxylation is 1. The normalized spacial score (nSPS) is 6.50. The van der Waals surface area contributed by atoms with Gasteiger partial charge in [-0.3, -0.25) is 4.68 Å². The van der Waals surface area contributed by atoms with Gasteiger partial charge < -0.3 is 0 Å². The second-order valence-corrected chi connectivity index (χ2v) is 1.07. The minimum Gasteiger partial charge on any atom is -0.256 e. The van der Waals surface area contributed by atoms with Crippen molar-refractivity contribution in [3.8, 4) is 0 Å². The van der Waals surface area contributed by atoms with E-state index in [9.17, 15) is 0 Å². The van der Waals surface area contributed by atoms with Crippen LogP contribution in [0.25, 0.3) is 0 Å². The smallest absolute Gasteiger partial charge is 0.137 e. The SMILES string of the molecule is CC.CC.Cn1cncn1. The molecule has 1 aromatic rings. The Morgan fingerprint density at radius 3 is 1.70 bits per heavy atom. The predicted octanol–water partition coefficient (Wildman–Crippen LogP) is 1.87. The summed E-state index contributed by atoms with van der Waals surface area (Å²) in [6, 6.07) is 0. The van der Waals surface area contributed by atoms with Crippen LogP contribution in [0, 0.1) is 0 Å². The standard InChI is InChI=1S/C3H5N3.2C2H6/c1-6-3-4-2-5-6;2*1-2/h2-3H,1H3;2*1-2H3. The molecule has 0 aromatic carbocycles. The Morgan fingerprint density at radius 2 is 1.60 bits per heavy atom. The fourth-order valence-electron chi connectivity index (χ4n) is 0.267. The van der Waals surface area contributed by atoms with Gasteiger partial charge in [0.05, 0.1) is 0 Å². The quantitative estimate of drug-likeness (QED) is 0.555. The second-order valence-electron chi connectivity index (χ2n) is 1.07. The minimum absolute atomic E-state index is 1.50. The van der Waals surface area contributed by atoms with Crippen molar-refractivity contribution in [2.24, 2.45) is 7.05 Å². The highest BCUT2D eigenvalue weighted by molar-refractivity contribution is 4.49. The lowest BCUT2D eigenvalue weighted by Gasteiger charge is -1.74. The average molecular weight is 143 g/mol. The Balaban J connectivity index is 0. The molecule has 60 valence electrons. The molecular formula is C7H17N3. The van der Waals surface area contributed by atoms with E-state index in [0.717, 1.165) is 0 Å². The van der Waals surface area contributed by atoms with Crippen LogP contribution in [0.3, 0.4) is 0 Å². The predicted molar refractivity (Wildman–Crippen MR) is 43.7 cm³/mol. The first-order valence-corrected chi connectivity index (χ1v) is 3.68. The van der Waals surface area contributed by atoms with Crippen LogP contribution in [-0.4, -0.2) is 14.8 Å². The highest BCUT2D eigenvalue weighted by Crippen LogP contribution is 1.64. The van der Waals surface area contributed by atoms with Gasteiger partial charge in [-0.2, -0.15) is 5.10 Å². The molecule has 1 aromatic heterocycles. The molecular weight excluding hydrogens is 126 g/mol. The third-order valence-electron chi connectivity index (χ3n) is 0.534. The fraction of sp³-hybridized carbons (Fsp3) is 0.714. The van der Waals surface area contributed by atoms with Gasteiger partial charge in [0.1, 0.15) is 12.7 Å². The van der Waals surface area contributed by atoms with Crippen LogP contribution < -0.4 is 0 Å². The van der Waals surface area contributed by atoms with Gasteiger partial charge in [-0.1, -0.05) is 27.7 Å². The van der Waals surface area contributed by atoms with E-state index in [1.165, 1.54) is 6.33 Å². The number of nitrogens with zero attached hydrogens (tertiary/aromatic N) is 3. The van der Waals surface area contributed by atoms with Crippen LogP contribution in [0.1, 0.15) is 27.7 Å². The summed E-state index contributed by atoms with van der Waals surface area (Å²) >= 11 is 0. The molecule has 0 fully saturated rings. The van der Waals surface area contributed by atoms with Gasteiger partial charge >= 0.3 is 0 Å². The molecule has 0 unspecified atom stereocenters. The van der Waals surface area contributed by atoms with Crippen LogP contribution >= 0.6 is 0 Å². The summed E-state index contributed by atoms with van der Waals surface area (Å²) in [6.07, 6.45) is 3.14. The van der Waals surface area contributed by atoms with E-state index in [1.54, 1.807) is 11.0 Å². The molecule has 0 atom stereocenters. The van der Waals surface area contributed by atoms with E-state index in [2.05, 4.69) is 10.1 Å². The Kier molecular flexibility index (Phi) is 13.1. The lowest BCUT2D eigenvalue weighted by atomic mass is 11.0. The van der Waals surface area contributed by atoms with Crippen molar-refractivity contribution in [3.05, 3.63) is 12.7 Å². The lowest BCUT2D eigenvalue weighted by Crippen LogP contribution is -1.83. The Bertz CT molecular complexity index is 112.